The van der Waals surface area contributed by atoms with Crippen molar-refractivity contribution in [2.75, 3.05) is 11.9 Å². The number of hydrogen-bond donors (Lipinski definition) is 1. The zero-order valence-electron chi connectivity index (χ0n) is 13.0. The van der Waals surface area contributed by atoms with Gasteiger partial charge in [-0.1, -0.05) is 13.3 Å². The molecule has 1 N–H and O–H groups in total. The molecule has 0 aliphatic heterocycles. The van der Waals surface area contributed by atoms with Crippen molar-refractivity contribution in [3.63, 3.8) is 0 Å². The van der Waals surface area contributed by atoms with Crippen LogP contribution in [0.2, 0.25) is 0 Å². The van der Waals surface area contributed by atoms with Gasteiger partial charge in [-0.05, 0) is 44.9 Å². The van der Waals surface area contributed by atoms with Gasteiger partial charge in [0.15, 0.2) is 5.13 Å². The van der Waals surface area contributed by atoms with E-state index in [1.54, 1.807) is 0 Å². The predicted molar refractivity (Wildman–Crippen MR) is 86.6 cm³/mol. The zero-order valence-corrected chi connectivity index (χ0v) is 13.8. The number of nitrogens with one attached hydrogen (secondary N) is 1. The first kappa shape index (κ1) is 14.3. The van der Waals surface area contributed by atoms with E-state index in [-0.39, 0.29) is 0 Å². The van der Waals surface area contributed by atoms with Crippen LogP contribution in [-0.2, 0) is 13.0 Å². The number of hydrogen-bond acceptors (Lipinski definition) is 4. The SMILES string of the molecule is CCCc1nc(N(C)C(C)C2CC2)sc1CNC1CC1. The highest BCUT2D eigenvalue weighted by atomic mass is 32.1. The Bertz CT molecular complexity index is 449. The van der Waals surface area contributed by atoms with Gasteiger partial charge in [0.2, 0.25) is 0 Å². The Labute approximate surface area is 126 Å². The lowest BCUT2D eigenvalue weighted by Gasteiger charge is -2.23. The summed E-state index contributed by atoms with van der Waals surface area (Å²) in [6, 6.07) is 1.41. The fourth-order valence-corrected chi connectivity index (χ4v) is 3.79. The average molecular weight is 293 g/mol. The van der Waals surface area contributed by atoms with Crippen molar-refractivity contribution in [2.45, 2.75) is 71.0 Å². The number of thiazole rings is 1. The van der Waals surface area contributed by atoms with Gasteiger partial charge < -0.3 is 10.2 Å². The van der Waals surface area contributed by atoms with E-state index in [0.29, 0.717) is 6.04 Å². The number of rotatable bonds is 8. The third-order valence-corrected chi connectivity index (χ3v) is 5.79. The topological polar surface area (TPSA) is 28.2 Å². The largest absolute Gasteiger partial charge is 0.348 e. The van der Waals surface area contributed by atoms with Crippen LogP contribution in [0.3, 0.4) is 0 Å². The summed E-state index contributed by atoms with van der Waals surface area (Å²) in [5, 5.41) is 4.86. The molecule has 0 bridgehead atoms. The number of aryl methyl sites for hydroxylation is 1. The van der Waals surface area contributed by atoms with Crippen molar-refractivity contribution in [1.29, 1.82) is 0 Å². The summed E-state index contributed by atoms with van der Waals surface area (Å²) in [6.45, 7) is 5.61. The summed E-state index contributed by atoms with van der Waals surface area (Å²) >= 11 is 1.90. The average Bonchev–Trinajstić information content (AvgIpc) is 3.34. The van der Waals surface area contributed by atoms with Gasteiger partial charge in [0.1, 0.15) is 0 Å². The molecular weight excluding hydrogens is 266 g/mol. The molecule has 2 aliphatic rings. The van der Waals surface area contributed by atoms with Crippen LogP contribution in [0.5, 0.6) is 0 Å². The standard InChI is InChI=1S/C16H27N3S/c1-4-5-14-15(10-17-13-8-9-13)20-16(18-14)19(3)11(2)12-6-7-12/h11-13,17H,4-10H2,1-3H3. The molecule has 20 heavy (non-hydrogen) atoms. The van der Waals surface area contributed by atoms with E-state index in [9.17, 15) is 0 Å². The highest BCUT2D eigenvalue weighted by Crippen LogP contribution is 2.38. The van der Waals surface area contributed by atoms with Crippen LogP contribution in [0.1, 0.15) is 56.5 Å². The third kappa shape index (κ3) is 3.34. The van der Waals surface area contributed by atoms with Crippen LogP contribution in [0.25, 0.3) is 0 Å². The smallest absolute Gasteiger partial charge is 0.185 e. The van der Waals surface area contributed by atoms with Crippen molar-refractivity contribution < 1.29 is 0 Å². The second-order valence-corrected chi connectivity index (χ2v) is 7.52. The first-order valence-electron chi connectivity index (χ1n) is 8.13. The molecule has 0 aromatic carbocycles. The lowest BCUT2D eigenvalue weighted by atomic mass is 10.2. The molecule has 112 valence electrons. The molecule has 2 aliphatic carbocycles. The van der Waals surface area contributed by atoms with Gasteiger partial charge in [0.25, 0.3) is 0 Å². The first-order chi connectivity index (χ1) is 9.69. The minimum atomic E-state index is 0.639. The van der Waals surface area contributed by atoms with Crippen LogP contribution in [0, 0.1) is 5.92 Å². The van der Waals surface area contributed by atoms with Crippen LogP contribution in [-0.4, -0.2) is 24.1 Å². The number of anilines is 1. The lowest BCUT2D eigenvalue weighted by Crippen LogP contribution is -2.30. The van der Waals surface area contributed by atoms with E-state index in [1.807, 2.05) is 11.3 Å². The molecule has 1 aromatic rings. The first-order valence-corrected chi connectivity index (χ1v) is 8.95. The van der Waals surface area contributed by atoms with Crippen LogP contribution in [0.15, 0.2) is 0 Å². The van der Waals surface area contributed by atoms with E-state index >= 15 is 0 Å². The molecule has 0 spiro atoms. The maximum atomic E-state index is 4.93. The molecule has 2 fully saturated rings. The fourth-order valence-electron chi connectivity index (χ4n) is 2.68. The normalized spacial score (nSPS) is 20.1. The summed E-state index contributed by atoms with van der Waals surface area (Å²) in [5.41, 5.74) is 1.33. The quantitative estimate of drug-likeness (QED) is 0.794. The molecule has 1 unspecified atom stereocenters. The van der Waals surface area contributed by atoms with Gasteiger partial charge in [0.05, 0.1) is 5.69 Å². The van der Waals surface area contributed by atoms with Crippen LogP contribution >= 0.6 is 11.3 Å². The molecule has 3 nitrogen and oxygen atoms in total. The van der Waals surface area contributed by atoms with E-state index in [0.717, 1.165) is 24.9 Å². The van der Waals surface area contributed by atoms with E-state index in [1.165, 1.54) is 47.8 Å². The Morgan fingerprint density at radius 1 is 1.35 bits per heavy atom. The Kier molecular flexibility index (Phi) is 4.32. The third-order valence-electron chi connectivity index (χ3n) is 4.60. The molecule has 3 rings (SSSR count). The summed E-state index contributed by atoms with van der Waals surface area (Å²) in [6.07, 6.45) is 7.80. The van der Waals surface area contributed by atoms with Crippen molar-refractivity contribution in [1.82, 2.24) is 10.3 Å². The maximum Gasteiger partial charge on any atom is 0.185 e. The fraction of sp³-hybridized carbons (Fsp3) is 0.812. The van der Waals surface area contributed by atoms with Crippen LogP contribution in [0.4, 0.5) is 5.13 Å². The Morgan fingerprint density at radius 2 is 2.10 bits per heavy atom. The van der Waals surface area contributed by atoms with Crippen LogP contribution < -0.4 is 10.2 Å². The van der Waals surface area contributed by atoms with Crippen molar-refractivity contribution in [3.8, 4) is 0 Å². The highest BCUT2D eigenvalue weighted by Gasteiger charge is 2.32. The molecule has 1 aromatic heterocycles. The molecule has 0 saturated heterocycles. The second-order valence-electron chi connectivity index (χ2n) is 6.46. The van der Waals surface area contributed by atoms with E-state index in [4.69, 9.17) is 4.98 Å². The van der Waals surface area contributed by atoms with Gasteiger partial charge >= 0.3 is 0 Å². The molecule has 1 heterocycles. The second kappa shape index (κ2) is 6.02. The van der Waals surface area contributed by atoms with Gasteiger partial charge in [0, 0.05) is 30.6 Å². The summed E-state index contributed by atoms with van der Waals surface area (Å²) in [4.78, 5) is 8.80. The Hall–Kier alpha value is -0.610. The Balaban J connectivity index is 1.70. The highest BCUT2D eigenvalue weighted by molar-refractivity contribution is 7.15. The van der Waals surface area contributed by atoms with Crippen molar-refractivity contribution in [2.24, 2.45) is 5.92 Å². The number of nitrogens with zero attached hydrogens (tertiary/aromatic N) is 2. The summed E-state index contributed by atoms with van der Waals surface area (Å²) in [7, 11) is 2.22. The van der Waals surface area contributed by atoms with Gasteiger partial charge in [-0.3, -0.25) is 0 Å². The Morgan fingerprint density at radius 3 is 2.70 bits per heavy atom. The minimum absolute atomic E-state index is 0.639. The van der Waals surface area contributed by atoms with Gasteiger partial charge in [-0.2, -0.15) is 0 Å². The lowest BCUT2D eigenvalue weighted by molar-refractivity contribution is 0.607. The molecule has 4 heteroatoms. The molecule has 1 atom stereocenters. The van der Waals surface area contributed by atoms with Gasteiger partial charge in [-0.25, -0.2) is 4.98 Å². The zero-order chi connectivity index (χ0) is 14.1. The van der Waals surface area contributed by atoms with E-state index < -0.39 is 0 Å². The maximum absolute atomic E-state index is 4.93. The molecule has 0 amide bonds. The number of aromatic nitrogens is 1. The van der Waals surface area contributed by atoms with Gasteiger partial charge in [-0.15, -0.1) is 11.3 Å². The molecule has 0 radical (unpaired) electrons. The monoisotopic (exact) mass is 293 g/mol. The molecular formula is C16H27N3S. The van der Waals surface area contributed by atoms with Crippen molar-refractivity contribution >= 4 is 16.5 Å². The summed E-state index contributed by atoms with van der Waals surface area (Å²) < 4.78 is 0. The van der Waals surface area contributed by atoms with Crippen molar-refractivity contribution in [3.05, 3.63) is 10.6 Å². The minimum Gasteiger partial charge on any atom is -0.348 e. The predicted octanol–water partition coefficient (Wildman–Crippen LogP) is 3.58. The van der Waals surface area contributed by atoms with E-state index in [2.05, 4.69) is 31.1 Å². The molecule has 2 saturated carbocycles. The summed E-state index contributed by atoms with van der Waals surface area (Å²) in [5.74, 6) is 0.895.